The second-order valence-electron chi connectivity index (χ2n) is 15.9. The van der Waals surface area contributed by atoms with Crippen molar-refractivity contribution in [1.82, 2.24) is 14.5 Å². The number of sulfonamides is 1. The molecule has 0 bridgehead atoms. The second-order valence-corrected chi connectivity index (χ2v) is 19.7. The van der Waals surface area contributed by atoms with Crippen LogP contribution in [0.1, 0.15) is 52.7 Å². The number of rotatable bonds is 23. The monoisotopic (exact) mass is 1050 g/mol. The Morgan fingerprint density at radius 2 is 1.64 bits per heavy atom. The number of carbonyl (C=O) groups is 2. The number of alkyl carbamates (subject to hydrolysis) is 1. The van der Waals surface area contributed by atoms with E-state index < -0.39 is 66.7 Å². The van der Waals surface area contributed by atoms with Crippen LogP contribution in [0.25, 0.3) is 0 Å². The minimum Gasteiger partial charge on any atom is -0.497 e. The Balaban J connectivity index is 0.00000544. The smallest absolute Gasteiger partial charge is 0.417 e. The van der Waals surface area contributed by atoms with Crippen LogP contribution in [-0.2, 0) is 55.8 Å². The molecule has 2 saturated heterocycles. The zero-order valence-electron chi connectivity index (χ0n) is 36.7. The SMILES string of the molecule is C.CCOC(=O)C(C)OP(=O)(COc1ccc(C[C@H](NC(=O)O[C@H]2CO[C@H]3OCC[C@H]32)[C@H](O)CN(CC(C)C)S(=O)(=O)c2ccc(OC)cc2)cc1)Oc1cccc(CN(C)C)c1.I. The third-order valence-corrected chi connectivity index (χ3v) is 13.4. The number of carbonyl (C=O) groups excluding carboxylic acids is 2. The second kappa shape index (κ2) is 25.4. The van der Waals surface area contributed by atoms with E-state index in [4.69, 9.17) is 37.5 Å². The molecule has 0 saturated carbocycles. The summed E-state index contributed by atoms with van der Waals surface area (Å²) in [6.45, 7) is 7.89. The molecule has 5 rings (SSSR count). The number of esters is 1. The molecule has 20 heteroatoms. The fourth-order valence-corrected chi connectivity index (χ4v) is 10.1. The third kappa shape index (κ3) is 15.8. The molecule has 2 heterocycles. The maximum absolute atomic E-state index is 14.2. The molecule has 3 aromatic rings. The number of nitrogens with one attached hydrogen (secondary N) is 1. The van der Waals surface area contributed by atoms with E-state index in [1.54, 1.807) is 61.5 Å². The number of halogens is 1. The molecular weight excluding hydrogens is 984 g/mol. The molecule has 17 nitrogen and oxygen atoms in total. The Bertz CT molecular complexity index is 2080. The molecule has 3 aromatic carbocycles. The summed E-state index contributed by atoms with van der Waals surface area (Å²) < 4.78 is 88.1. The fraction of sp³-hybridized carbons (Fsp3) is 0.545. The number of benzene rings is 3. The van der Waals surface area contributed by atoms with Gasteiger partial charge >= 0.3 is 19.7 Å². The van der Waals surface area contributed by atoms with E-state index in [1.165, 1.54) is 30.5 Å². The van der Waals surface area contributed by atoms with Crippen LogP contribution in [0.3, 0.4) is 0 Å². The predicted molar refractivity (Wildman–Crippen MR) is 251 cm³/mol. The summed E-state index contributed by atoms with van der Waals surface area (Å²) in [7, 11) is -2.92. The molecule has 0 radical (unpaired) electrons. The zero-order chi connectivity index (χ0) is 45.0. The van der Waals surface area contributed by atoms with Gasteiger partial charge in [0.2, 0.25) is 16.4 Å². The van der Waals surface area contributed by atoms with Gasteiger partial charge in [0.15, 0.2) is 12.4 Å². The van der Waals surface area contributed by atoms with Crippen molar-refractivity contribution in [2.75, 3.05) is 60.5 Å². The maximum Gasteiger partial charge on any atom is 0.417 e. The first-order chi connectivity index (χ1) is 29.5. The average molecular weight is 1050 g/mol. The number of fused-ring (bicyclic) bond motifs is 1. The van der Waals surface area contributed by atoms with E-state index >= 15 is 0 Å². The number of ether oxygens (including phenoxy) is 6. The lowest BCUT2D eigenvalue weighted by atomic mass is 10.0. The number of aliphatic hydroxyl groups excluding tert-OH is 1. The summed E-state index contributed by atoms with van der Waals surface area (Å²) in [5, 5.41) is 14.6. The highest BCUT2D eigenvalue weighted by atomic mass is 127. The van der Waals surface area contributed by atoms with Crippen LogP contribution in [0.2, 0.25) is 0 Å². The Hall–Kier alpha value is -3.53. The first kappa shape index (κ1) is 54.8. The number of aliphatic hydroxyl groups is 1. The summed E-state index contributed by atoms with van der Waals surface area (Å²) in [6.07, 6.45) is -4.28. The number of methoxy groups -OCH3 is 1. The molecule has 2 aliphatic rings. The predicted octanol–water partition coefficient (Wildman–Crippen LogP) is 6.69. The third-order valence-electron chi connectivity index (χ3n) is 10.0. The van der Waals surface area contributed by atoms with Crippen molar-refractivity contribution in [3.63, 3.8) is 0 Å². The zero-order valence-corrected chi connectivity index (χ0v) is 40.8. The van der Waals surface area contributed by atoms with Crippen LogP contribution in [0.15, 0.2) is 77.7 Å². The maximum atomic E-state index is 14.2. The van der Waals surface area contributed by atoms with Crippen LogP contribution in [0, 0.1) is 11.8 Å². The Labute approximate surface area is 394 Å². The van der Waals surface area contributed by atoms with Gasteiger partial charge in [0.1, 0.15) is 23.4 Å². The van der Waals surface area contributed by atoms with E-state index in [0.717, 1.165) is 5.56 Å². The van der Waals surface area contributed by atoms with E-state index in [-0.39, 0.29) is 92.4 Å². The van der Waals surface area contributed by atoms with Gasteiger partial charge in [-0.05, 0) is 106 Å². The molecule has 0 aliphatic carbocycles. The van der Waals surface area contributed by atoms with Crippen molar-refractivity contribution in [2.45, 2.75) is 90.0 Å². The van der Waals surface area contributed by atoms with Gasteiger partial charge in [-0.3, -0.25) is 4.52 Å². The highest BCUT2D eigenvalue weighted by Gasteiger charge is 2.44. The summed E-state index contributed by atoms with van der Waals surface area (Å²) >= 11 is 0. The fourth-order valence-electron chi connectivity index (χ4n) is 7.04. The molecule has 2 unspecified atom stereocenters. The molecular formula is C44H65IN3O14PS. The normalized spacial score (nSPS) is 19.3. The first-order valence-corrected chi connectivity index (χ1v) is 23.8. The Kier molecular flexibility index (Phi) is 21.7. The van der Waals surface area contributed by atoms with Crippen molar-refractivity contribution >= 4 is 53.7 Å². The lowest BCUT2D eigenvalue weighted by Crippen LogP contribution is -2.51. The standard InChI is InChI=1S/C43H60N3O14PS.CH4.HI/c1-8-54-41(48)30(4)59-61(50,60-35-11-9-10-32(22-35)25-45(5)6)28-57-34-14-12-31(13-15-34)23-38(44-43(49)58-40-27-56-42-37(40)20-21-55-42)39(47)26-46(24-29(2)3)62(51,52)36-18-16-33(53-7)17-19-36;;/h9-19,22,29-30,37-40,42,47H,8,20-21,23-28H2,1-7H3,(H,44,49);1H4;1H/t30?,37-,38-,39+,40-,42+,61?;;/m0../s1. The molecule has 0 spiro atoms. The molecule has 358 valence electrons. The Morgan fingerprint density at radius 3 is 2.28 bits per heavy atom. The van der Waals surface area contributed by atoms with Crippen LogP contribution in [-0.4, -0.2) is 126 Å². The number of nitrogens with zero attached hydrogens (tertiary/aromatic N) is 2. The van der Waals surface area contributed by atoms with Crippen LogP contribution in [0.4, 0.5) is 4.79 Å². The molecule has 64 heavy (non-hydrogen) atoms. The Morgan fingerprint density at radius 1 is 0.953 bits per heavy atom. The highest BCUT2D eigenvalue weighted by Crippen LogP contribution is 2.50. The molecule has 2 aliphatic heterocycles. The van der Waals surface area contributed by atoms with E-state index in [1.807, 2.05) is 38.9 Å². The minimum absolute atomic E-state index is 0. The van der Waals surface area contributed by atoms with Crippen molar-refractivity contribution < 1.29 is 65.1 Å². The molecule has 2 N–H and O–H groups in total. The largest absolute Gasteiger partial charge is 0.497 e. The van der Waals surface area contributed by atoms with Crippen LogP contribution in [0.5, 0.6) is 17.2 Å². The molecule has 2 fully saturated rings. The van der Waals surface area contributed by atoms with E-state index in [0.29, 0.717) is 30.9 Å². The molecule has 1 amide bonds. The van der Waals surface area contributed by atoms with E-state index in [2.05, 4.69) is 5.32 Å². The van der Waals surface area contributed by atoms with Crippen molar-refractivity contribution in [3.8, 4) is 17.2 Å². The summed E-state index contributed by atoms with van der Waals surface area (Å²) in [5.74, 6) is 0.0899. The van der Waals surface area contributed by atoms with E-state index in [9.17, 15) is 27.7 Å². The highest BCUT2D eigenvalue weighted by molar-refractivity contribution is 14.0. The number of hydrogen-bond donors (Lipinski definition) is 2. The number of hydrogen-bond acceptors (Lipinski definition) is 15. The molecule has 7 atom stereocenters. The van der Waals surface area contributed by atoms with Crippen LogP contribution >= 0.6 is 31.6 Å². The summed E-state index contributed by atoms with van der Waals surface area (Å²) in [6, 6.07) is 18.5. The topological polar surface area (TPSA) is 198 Å². The summed E-state index contributed by atoms with van der Waals surface area (Å²) in [5.41, 5.74) is 1.53. The average Bonchev–Trinajstić information content (AvgIpc) is 3.85. The quantitative estimate of drug-likeness (QED) is 0.0578. The first-order valence-electron chi connectivity index (χ1n) is 20.6. The van der Waals surface area contributed by atoms with Gasteiger partial charge in [-0.15, -0.1) is 24.0 Å². The van der Waals surface area contributed by atoms with Crippen molar-refractivity contribution in [1.29, 1.82) is 0 Å². The van der Waals surface area contributed by atoms with Gasteiger partial charge in [-0.25, -0.2) is 22.6 Å². The lowest BCUT2D eigenvalue weighted by molar-refractivity contribution is -0.150. The van der Waals surface area contributed by atoms with Gasteiger partial charge < -0.3 is 48.3 Å². The van der Waals surface area contributed by atoms with Crippen molar-refractivity contribution in [2.24, 2.45) is 11.8 Å². The van der Waals surface area contributed by atoms with Gasteiger partial charge in [0.25, 0.3) is 0 Å². The van der Waals surface area contributed by atoms with Gasteiger partial charge in [0.05, 0.1) is 49.9 Å². The summed E-state index contributed by atoms with van der Waals surface area (Å²) in [4.78, 5) is 27.9. The van der Waals surface area contributed by atoms with Gasteiger partial charge in [-0.2, -0.15) is 4.31 Å². The minimum atomic E-state index is -4.15. The lowest BCUT2D eigenvalue weighted by Gasteiger charge is -2.31. The number of amides is 1. The van der Waals surface area contributed by atoms with Crippen LogP contribution < -0.4 is 19.3 Å². The van der Waals surface area contributed by atoms with Crippen molar-refractivity contribution in [3.05, 3.63) is 83.9 Å². The van der Waals surface area contributed by atoms with Gasteiger partial charge in [0, 0.05) is 19.6 Å². The molecule has 0 aromatic heterocycles. The van der Waals surface area contributed by atoms with Gasteiger partial charge in [-0.1, -0.05) is 45.5 Å².